The Balaban J connectivity index is 1.60. The van der Waals surface area contributed by atoms with Crippen molar-refractivity contribution in [2.45, 2.75) is 69.9 Å². The van der Waals surface area contributed by atoms with Crippen LogP contribution in [-0.2, 0) is 27.8 Å². The number of halogens is 1. The van der Waals surface area contributed by atoms with Gasteiger partial charge in [0.25, 0.3) is 0 Å². The molecule has 0 saturated heterocycles. The van der Waals surface area contributed by atoms with Gasteiger partial charge < -0.3 is 14.4 Å². The number of rotatable bonds is 10. The molecule has 4 rings (SSSR count). The third kappa shape index (κ3) is 6.52. The van der Waals surface area contributed by atoms with Gasteiger partial charge in [-0.25, -0.2) is 8.42 Å². The monoisotopic (exact) mass is 556 g/mol. The van der Waals surface area contributed by atoms with Gasteiger partial charge in [-0.1, -0.05) is 36.8 Å². The predicted octanol–water partition coefficient (Wildman–Crippen LogP) is 5.56. The molecular formula is C29H33ClN2O5S. The number of nitrogens with zero attached hydrogens (tertiary/aromatic N) is 1. The average molecular weight is 557 g/mol. The Morgan fingerprint density at radius 1 is 1.18 bits per heavy atom. The molecule has 1 atom stereocenters. The van der Waals surface area contributed by atoms with Crippen molar-refractivity contribution in [1.29, 1.82) is 0 Å². The van der Waals surface area contributed by atoms with E-state index >= 15 is 0 Å². The fourth-order valence-electron chi connectivity index (χ4n) is 5.19. The second kappa shape index (κ2) is 12.2. The predicted molar refractivity (Wildman–Crippen MR) is 149 cm³/mol. The average Bonchev–Trinajstić information content (AvgIpc) is 3.14. The van der Waals surface area contributed by atoms with Gasteiger partial charge >= 0.3 is 5.97 Å². The number of benzene rings is 2. The Hall–Kier alpha value is -2.99. The van der Waals surface area contributed by atoms with Gasteiger partial charge in [0, 0.05) is 34.6 Å². The highest BCUT2D eigenvalue weighted by molar-refractivity contribution is 7.89. The van der Waals surface area contributed by atoms with E-state index in [2.05, 4.69) is 21.1 Å². The van der Waals surface area contributed by atoms with E-state index in [1.54, 1.807) is 6.92 Å². The molecule has 0 amide bonds. The first-order valence-electron chi connectivity index (χ1n) is 12.8. The highest BCUT2D eigenvalue weighted by atomic mass is 35.5. The quantitative estimate of drug-likeness (QED) is 0.319. The summed E-state index contributed by atoms with van der Waals surface area (Å²) < 4.78 is 36.3. The van der Waals surface area contributed by atoms with Gasteiger partial charge in [-0.2, -0.15) is 4.72 Å². The van der Waals surface area contributed by atoms with Crippen molar-refractivity contribution >= 4 is 38.5 Å². The second-order valence-electron chi connectivity index (χ2n) is 9.74. The van der Waals surface area contributed by atoms with Crippen molar-refractivity contribution in [3.63, 3.8) is 0 Å². The summed E-state index contributed by atoms with van der Waals surface area (Å²) in [6.07, 6.45) is 6.07. The number of hydrogen-bond donors (Lipinski definition) is 2. The minimum atomic E-state index is -4.10. The second-order valence-corrected chi connectivity index (χ2v) is 11.9. The first-order valence-corrected chi connectivity index (χ1v) is 14.7. The first kappa shape index (κ1) is 28.0. The number of hydrogen-bond acceptors (Lipinski definition) is 4. The summed E-state index contributed by atoms with van der Waals surface area (Å²) in [5.41, 5.74) is 2.71. The van der Waals surface area contributed by atoms with E-state index in [-0.39, 0.29) is 17.9 Å². The van der Waals surface area contributed by atoms with E-state index in [4.69, 9.17) is 16.3 Å². The largest absolute Gasteiger partial charge is 0.481 e. The molecule has 0 aliphatic heterocycles. The Morgan fingerprint density at radius 3 is 2.55 bits per heavy atom. The van der Waals surface area contributed by atoms with Gasteiger partial charge in [0.15, 0.2) is 0 Å². The van der Waals surface area contributed by atoms with Crippen LogP contribution in [0.1, 0.15) is 50.3 Å². The molecule has 202 valence electrons. The van der Waals surface area contributed by atoms with Gasteiger partial charge in [0.1, 0.15) is 18.4 Å². The smallest absolute Gasteiger partial charge is 0.322 e. The van der Waals surface area contributed by atoms with Crippen LogP contribution in [0, 0.1) is 24.7 Å². The molecule has 0 bridgehead atoms. The van der Waals surface area contributed by atoms with Crippen LogP contribution >= 0.6 is 11.6 Å². The van der Waals surface area contributed by atoms with Crippen molar-refractivity contribution in [1.82, 2.24) is 9.29 Å². The minimum absolute atomic E-state index is 0.00815. The summed E-state index contributed by atoms with van der Waals surface area (Å²) in [7, 11) is -4.10. The number of sulfonamides is 1. The Kier molecular flexibility index (Phi) is 9.03. The molecule has 1 aliphatic rings. The lowest BCUT2D eigenvalue weighted by atomic mass is 9.89. The number of ether oxygens (including phenoxy) is 1. The maximum atomic E-state index is 13.1. The lowest BCUT2D eigenvalue weighted by Crippen LogP contribution is -2.42. The summed E-state index contributed by atoms with van der Waals surface area (Å²) in [6.45, 7) is 4.72. The van der Waals surface area contributed by atoms with Gasteiger partial charge in [0.2, 0.25) is 10.0 Å². The standard InChI is InChI=1S/C29H33ClN2O5S/c1-3-4-16-37-23-11-13-24(14-12-23)38(35,36)31-27(29(33)34)18-25-20(2)32(19-21-8-6-5-7-9-21)28-15-10-22(30)17-26(25)28/h10-15,17,21,27,31H,5-9,16,18-19H2,1-2H3,(H,33,34)/t27-/m0/s1. The Bertz CT molecular complexity index is 1460. The van der Waals surface area contributed by atoms with Gasteiger partial charge in [-0.15, -0.1) is 5.92 Å². The van der Waals surface area contributed by atoms with Gasteiger partial charge in [0.05, 0.1) is 4.90 Å². The minimum Gasteiger partial charge on any atom is -0.481 e. The van der Waals surface area contributed by atoms with E-state index in [0.29, 0.717) is 16.7 Å². The molecule has 1 heterocycles. The molecule has 1 aromatic heterocycles. The van der Waals surface area contributed by atoms with E-state index in [9.17, 15) is 18.3 Å². The van der Waals surface area contributed by atoms with Crippen LogP contribution in [0.25, 0.3) is 10.9 Å². The van der Waals surface area contributed by atoms with Crippen LogP contribution in [0.4, 0.5) is 0 Å². The van der Waals surface area contributed by atoms with Crippen molar-refractivity contribution < 1.29 is 23.1 Å². The van der Waals surface area contributed by atoms with Crippen molar-refractivity contribution in [3.05, 3.63) is 58.7 Å². The van der Waals surface area contributed by atoms with Crippen LogP contribution in [0.5, 0.6) is 5.75 Å². The van der Waals surface area contributed by atoms with Crippen LogP contribution < -0.4 is 9.46 Å². The summed E-state index contributed by atoms with van der Waals surface area (Å²) in [5.74, 6) is 5.28. The Morgan fingerprint density at radius 2 is 1.89 bits per heavy atom. The van der Waals surface area contributed by atoms with E-state index in [1.807, 2.05) is 25.1 Å². The maximum Gasteiger partial charge on any atom is 0.322 e. The number of carboxylic acid groups (broad SMARTS) is 1. The first-order chi connectivity index (χ1) is 18.2. The molecule has 0 spiro atoms. The number of aliphatic carboxylic acids is 1. The fourth-order valence-corrected chi connectivity index (χ4v) is 6.55. The topological polar surface area (TPSA) is 97.6 Å². The molecule has 9 heteroatoms. The Labute approximate surface area is 229 Å². The van der Waals surface area contributed by atoms with E-state index in [0.717, 1.165) is 28.7 Å². The van der Waals surface area contributed by atoms with Crippen LogP contribution in [-0.4, -0.2) is 36.7 Å². The molecule has 0 unspecified atom stereocenters. The zero-order valence-electron chi connectivity index (χ0n) is 21.7. The van der Waals surface area contributed by atoms with E-state index < -0.39 is 22.0 Å². The number of nitrogens with one attached hydrogen (secondary N) is 1. The zero-order chi connectivity index (χ0) is 27.3. The summed E-state index contributed by atoms with van der Waals surface area (Å²) in [5, 5.41) is 11.4. The SMILES string of the molecule is CC#CCOc1ccc(S(=O)(=O)N[C@@H](Cc2c(C)n(CC3CCCCC3)c3ccc(Cl)cc23)C(=O)O)cc1. The normalized spacial score (nSPS) is 15.1. The van der Waals surface area contributed by atoms with Gasteiger partial charge in [-0.3, -0.25) is 4.79 Å². The molecule has 1 aliphatic carbocycles. The number of aromatic nitrogens is 1. The number of carboxylic acids is 1. The number of fused-ring (bicyclic) bond motifs is 1. The molecule has 2 aromatic carbocycles. The lowest BCUT2D eigenvalue weighted by molar-refractivity contribution is -0.138. The fraction of sp³-hybridized carbons (Fsp3) is 0.414. The molecule has 2 N–H and O–H groups in total. The molecule has 3 aromatic rings. The highest BCUT2D eigenvalue weighted by Crippen LogP contribution is 2.33. The van der Waals surface area contributed by atoms with E-state index in [1.165, 1.54) is 56.4 Å². The highest BCUT2D eigenvalue weighted by Gasteiger charge is 2.29. The van der Waals surface area contributed by atoms with Crippen LogP contribution in [0.15, 0.2) is 47.4 Å². The third-order valence-electron chi connectivity index (χ3n) is 7.21. The van der Waals surface area contributed by atoms with Crippen molar-refractivity contribution in [2.24, 2.45) is 5.92 Å². The van der Waals surface area contributed by atoms with Crippen molar-refractivity contribution in [2.75, 3.05) is 6.61 Å². The molecule has 1 fully saturated rings. The molecule has 7 nitrogen and oxygen atoms in total. The van der Waals surface area contributed by atoms with Crippen molar-refractivity contribution in [3.8, 4) is 17.6 Å². The third-order valence-corrected chi connectivity index (χ3v) is 8.93. The van der Waals surface area contributed by atoms with Crippen LogP contribution in [0.2, 0.25) is 5.02 Å². The summed E-state index contributed by atoms with van der Waals surface area (Å²) >= 11 is 6.33. The van der Waals surface area contributed by atoms with Crippen LogP contribution in [0.3, 0.4) is 0 Å². The molecular weight excluding hydrogens is 524 g/mol. The zero-order valence-corrected chi connectivity index (χ0v) is 23.2. The summed E-state index contributed by atoms with van der Waals surface area (Å²) in [4.78, 5) is 12.2. The van der Waals surface area contributed by atoms with Gasteiger partial charge in [-0.05, 0) is 80.6 Å². The molecule has 0 radical (unpaired) electrons. The lowest BCUT2D eigenvalue weighted by Gasteiger charge is -2.23. The maximum absolute atomic E-state index is 13.1. The molecule has 38 heavy (non-hydrogen) atoms. The summed E-state index contributed by atoms with van der Waals surface area (Å²) in [6, 6.07) is 10.1. The number of carbonyl (C=O) groups is 1. The molecule has 1 saturated carbocycles.